The second kappa shape index (κ2) is 7.17. The van der Waals surface area contributed by atoms with E-state index in [1.807, 2.05) is 42.5 Å². The fourth-order valence-corrected chi connectivity index (χ4v) is 2.08. The molecule has 0 aliphatic heterocycles. The molecule has 2 aromatic carbocycles. The molecule has 0 N–H and O–H groups in total. The fourth-order valence-electron chi connectivity index (χ4n) is 2.08. The van der Waals surface area contributed by atoms with Gasteiger partial charge in [-0.2, -0.15) is 8.78 Å². The van der Waals surface area contributed by atoms with Gasteiger partial charge in [0.05, 0.1) is 6.61 Å². The van der Waals surface area contributed by atoms with Crippen molar-refractivity contribution in [1.82, 2.24) is 0 Å². The number of hydrogen-bond donors (Lipinski definition) is 0. The van der Waals surface area contributed by atoms with E-state index >= 15 is 0 Å². The lowest BCUT2D eigenvalue weighted by Gasteiger charge is -2.10. The maximum Gasteiger partial charge on any atom is 0.377 e. The van der Waals surface area contributed by atoms with Gasteiger partial charge in [0.1, 0.15) is 0 Å². The Labute approximate surface area is 132 Å². The minimum Gasteiger partial charge on any atom is -0.463 e. The molecule has 0 atom stereocenters. The molecule has 0 heterocycles. The molecule has 122 valence electrons. The lowest BCUT2D eigenvalue weighted by atomic mass is 10.0. The number of benzene rings is 2. The molecule has 0 fully saturated rings. The van der Waals surface area contributed by atoms with Crippen LogP contribution in [0.4, 0.5) is 8.78 Å². The summed E-state index contributed by atoms with van der Waals surface area (Å²) in [5, 5.41) is 2.14. The smallest absolute Gasteiger partial charge is 0.377 e. The predicted molar refractivity (Wildman–Crippen MR) is 80.2 cm³/mol. The van der Waals surface area contributed by atoms with Crippen LogP contribution in [0.2, 0.25) is 0 Å². The van der Waals surface area contributed by atoms with Crippen LogP contribution in [0.15, 0.2) is 42.5 Å². The molecule has 6 heteroatoms. The van der Waals surface area contributed by atoms with Gasteiger partial charge >= 0.3 is 17.9 Å². The minimum absolute atomic E-state index is 0.0763. The second-order valence-corrected chi connectivity index (χ2v) is 5.07. The van der Waals surface area contributed by atoms with E-state index < -0.39 is 24.5 Å². The van der Waals surface area contributed by atoms with Crippen LogP contribution in [0, 0.1) is 0 Å². The Kier molecular flexibility index (Phi) is 5.26. The molecule has 0 aliphatic rings. The average molecular weight is 322 g/mol. The summed E-state index contributed by atoms with van der Waals surface area (Å²) in [4.78, 5) is 22.2. The van der Waals surface area contributed by atoms with E-state index in [0.717, 1.165) is 16.3 Å². The van der Waals surface area contributed by atoms with Crippen molar-refractivity contribution in [3.05, 3.63) is 48.0 Å². The summed E-state index contributed by atoms with van der Waals surface area (Å²) in [5.41, 5.74) is 1.01. The van der Waals surface area contributed by atoms with Gasteiger partial charge < -0.3 is 9.47 Å². The van der Waals surface area contributed by atoms with E-state index in [0.29, 0.717) is 13.3 Å². The van der Waals surface area contributed by atoms with Crippen LogP contribution in [0.1, 0.15) is 12.5 Å². The van der Waals surface area contributed by atoms with Crippen LogP contribution in [-0.2, 0) is 25.5 Å². The van der Waals surface area contributed by atoms with Gasteiger partial charge in [-0.3, -0.25) is 0 Å². The van der Waals surface area contributed by atoms with Crippen molar-refractivity contribution in [3.8, 4) is 0 Å². The van der Waals surface area contributed by atoms with Gasteiger partial charge in [-0.05, 0) is 16.3 Å². The average Bonchev–Trinajstić information content (AvgIpc) is 2.52. The lowest BCUT2D eigenvalue weighted by Crippen LogP contribution is -2.29. The molecule has 0 spiro atoms. The number of ether oxygens (including phenoxy) is 2. The van der Waals surface area contributed by atoms with Crippen LogP contribution in [0.3, 0.4) is 0 Å². The Hall–Kier alpha value is -2.50. The Bertz CT molecular complexity index is 702. The van der Waals surface area contributed by atoms with Crippen LogP contribution < -0.4 is 0 Å². The number of alkyl halides is 2. The SMILES string of the molecule is CC(F)(F)C(=O)OCC(=O)OCCc1cccc2ccccc12. The topological polar surface area (TPSA) is 52.6 Å². The van der Waals surface area contributed by atoms with E-state index in [1.54, 1.807) is 0 Å². The van der Waals surface area contributed by atoms with E-state index in [-0.39, 0.29) is 6.61 Å². The van der Waals surface area contributed by atoms with Crippen molar-refractivity contribution in [3.63, 3.8) is 0 Å². The lowest BCUT2D eigenvalue weighted by molar-refractivity contribution is -0.175. The number of halogens is 2. The van der Waals surface area contributed by atoms with Crippen LogP contribution in [-0.4, -0.2) is 31.1 Å². The number of hydrogen-bond acceptors (Lipinski definition) is 4. The summed E-state index contributed by atoms with van der Waals surface area (Å²) in [5.74, 6) is -6.23. The van der Waals surface area contributed by atoms with Gasteiger partial charge in [-0.25, -0.2) is 9.59 Å². The number of carbonyl (C=O) groups excluding carboxylic acids is 2. The highest BCUT2D eigenvalue weighted by Crippen LogP contribution is 2.19. The highest BCUT2D eigenvalue weighted by molar-refractivity contribution is 5.85. The quantitative estimate of drug-likeness (QED) is 0.767. The summed E-state index contributed by atoms with van der Waals surface area (Å²) in [6.45, 7) is -0.341. The van der Waals surface area contributed by atoms with Gasteiger partial charge in [-0.1, -0.05) is 42.5 Å². The molecule has 2 aromatic rings. The summed E-state index contributed by atoms with van der Waals surface area (Å²) in [7, 11) is 0. The Balaban J connectivity index is 1.82. The minimum atomic E-state index is -3.62. The molecule has 0 amide bonds. The molecule has 0 aliphatic carbocycles. The largest absolute Gasteiger partial charge is 0.463 e. The number of esters is 2. The van der Waals surface area contributed by atoms with Crippen LogP contribution in [0.5, 0.6) is 0 Å². The summed E-state index contributed by atoms with van der Waals surface area (Å²) >= 11 is 0. The Morgan fingerprint density at radius 2 is 1.74 bits per heavy atom. The zero-order valence-electron chi connectivity index (χ0n) is 12.6. The zero-order valence-corrected chi connectivity index (χ0v) is 12.6. The molecule has 4 nitrogen and oxygen atoms in total. The maximum absolute atomic E-state index is 12.6. The first kappa shape index (κ1) is 16.9. The highest BCUT2D eigenvalue weighted by atomic mass is 19.3. The van der Waals surface area contributed by atoms with E-state index in [4.69, 9.17) is 4.74 Å². The standard InChI is InChI=1S/C17H16F2O4/c1-17(18,19)16(21)23-11-15(20)22-10-9-13-7-4-6-12-5-2-3-8-14(12)13/h2-8H,9-11H2,1H3. The normalized spacial score (nSPS) is 11.3. The third kappa shape index (κ3) is 4.74. The molecule has 0 radical (unpaired) electrons. The first-order chi connectivity index (χ1) is 10.9. The molecule has 0 bridgehead atoms. The summed E-state index contributed by atoms with van der Waals surface area (Å²) in [6, 6.07) is 13.6. The molecule has 2 rings (SSSR count). The molecule has 23 heavy (non-hydrogen) atoms. The van der Waals surface area contributed by atoms with Gasteiger partial charge in [0.2, 0.25) is 0 Å². The van der Waals surface area contributed by atoms with Crippen molar-refractivity contribution in [2.45, 2.75) is 19.3 Å². The second-order valence-electron chi connectivity index (χ2n) is 5.07. The monoisotopic (exact) mass is 322 g/mol. The summed E-state index contributed by atoms with van der Waals surface area (Å²) < 4.78 is 34.2. The number of rotatable bonds is 6. The van der Waals surface area contributed by atoms with Crippen molar-refractivity contribution in [2.75, 3.05) is 13.2 Å². The maximum atomic E-state index is 12.6. The third-order valence-electron chi connectivity index (χ3n) is 3.19. The zero-order chi connectivity index (χ0) is 16.9. The van der Waals surface area contributed by atoms with Crippen molar-refractivity contribution >= 4 is 22.7 Å². The van der Waals surface area contributed by atoms with E-state index in [1.165, 1.54) is 0 Å². The molecule has 0 saturated heterocycles. The summed E-state index contributed by atoms with van der Waals surface area (Å²) in [6.07, 6.45) is 0.477. The number of fused-ring (bicyclic) bond motifs is 1. The van der Waals surface area contributed by atoms with E-state index in [2.05, 4.69) is 4.74 Å². The van der Waals surface area contributed by atoms with Crippen molar-refractivity contribution in [1.29, 1.82) is 0 Å². The van der Waals surface area contributed by atoms with Gasteiger partial charge in [0, 0.05) is 13.3 Å². The molecule has 0 unspecified atom stereocenters. The molecule has 0 saturated carbocycles. The van der Waals surface area contributed by atoms with Crippen molar-refractivity contribution in [2.24, 2.45) is 0 Å². The fraction of sp³-hybridized carbons (Fsp3) is 0.294. The van der Waals surface area contributed by atoms with Crippen molar-refractivity contribution < 1.29 is 27.8 Å². The highest BCUT2D eigenvalue weighted by Gasteiger charge is 2.34. The van der Waals surface area contributed by atoms with Gasteiger partial charge in [-0.15, -0.1) is 0 Å². The molecular weight excluding hydrogens is 306 g/mol. The van der Waals surface area contributed by atoms with Crippen LogP contribution in [0.25, 0.3) is 10.8 Å². The Morgan fingerprint density at radius 1 is 1.04 bits per heavy atom. The Morgan fingerprint density at radius 3 is 2.48 bits per heavy atom. The first-order valence-electron chi connectivity index (χ1n) is 7.05. The van der Waals surface area contributed by atoms with E-state index in [9.17, 15) is 18.4 Å². The van der Waals surface area contributed by atoms with Crippen LogP contribution >= 0.6 is 0 Å². The van der Waals surface area contributed by atoms with Gasteiger partial charge in [0.15, 0.2) is 6.61 Å². The number of carbonyl (C=O) groups is 2. The molecule has 0 aromatic heterocycles. The third-order valence-corrected chi connectivity index (χ3v) is 3.19. The predicted octanol–water partition coefficient (Wildman–Crippen LogP) is 3.12. The molecular formula is C17H16F2O4. The first-order valence-corrected chi connectivity index (χ1v) is 7.05. The van der Waals surface area contributed by atoms with Gasteiger partial charge in [0.25, 0.3) is 0 Å².